The third-order valence-electron chi connectivity index (χ3n) is 4.04. The predicted octanol–water partition coefficient (Wildman–Crippen LogP) is 1.68. The first-order chi connectivity index (χ1) is 6.23. The summed E-state index contributed by atoms with van der Waals surface area (Å²) in [4.78, 5) is 0. The van der Waals surface area contributed by atoms with Crippen molar-refractivity contribution in [2.75, 3.05) is 6.54 Å². The molecule has 76 valence electrons. The van der Waals surface area contributed by atoms with Crippen LogP contribution in [0.5, 0.6) is 0 Å². The second kappa shape index (κ2) is 3.58. The quantitative estimate of drug-likeness (QED) is 0.648. The first kappa shape index (κ1) is 9.47. The zero-order valence-corrected chi connectivity index (χ0v) is 8.55. The van der Waals surface area contributed by atoms with E-state index in [0.29, 0.717) is 12.0 Å². The summed E-state index contributed by atoms with van der Waals surface area (Å²) >= 11 is 0. The number of nitrogens with one attached hydrogen (secondary N) is 1. The van der Waals surface area contributed by atoms with Gasteiger partial charge in [0, 0.05) is 6.04 Å². The summed E-state index contributed by atoms with van der Waals surface area (Å²) in [6, 6.07) is 0.301. The van der Waals surface area contributed by atoms with Crippen molar-refractivity contribution in [2.24, 2.45) is 5.92 Å². The van der Waals surface area contributed by atoms with Gasteiger partial charge in [0.1, 0.15) is 0 Å². The standard InChI is InChI=1S/C11H21NO/c1-9-11(13,7-8-12-9)10-5-3-2-4-6-10/h9-10,12-13H,2-8H2,1H3. The highest BCUT2D eigenvalue weighted by Crippen LogP contribution is 2.38. The smallest absolute Gasteiger partial charge is 0.0837 e. The summed E-state index contributed by atoms with van der Waals surface area (Å²) < 4.78 is 0. The third kappa shape index (κ3) is 1.62. The van der Waals surface area contributed by atoms with Crippen LogP contribution in [0, 0.1) is 5.92 Å². The van der Waals surface area contributed by atoms with E-state index in [9.17, 15) is 5.11 Å². The van der Waals surface area contributed by atoms with Gasteiger partial charge >= 0.3 is 0 Å². The maximum Gasteiger partial charge on any atom is 0.0837 e. The lowest BCUT2D eigenvalue weighted by Gasteiger charge is -2.38. The Labute approximate surface area is 80.7 Å². The van der Waals surface area contributed by atoms with E-state index in [1.165, 1.54) is 32.1 Å². The number of hydrogen-bond acceptors (Lipinski definition) is 2. The number of hydrogen-bond donors (Lipinski definition) is 2. The van der Waals surface area contributed by atoms with Crippen LogP contribution < -0.4 is 5.32 Å². The molecule has 0 amide bonds. The van der Waals surface area contributed by atoms with Crippen LogP contribution in [0.25, 0.3) is 0 Å². The molecular formula is C11H21NO. The first-order valence-corrected chi connectivity index (χ1v) is 5.69. The van der Waals surface area contributed by atoms with Crippen LogP contribution in [-0.4, -0.2) is 23.3 Å². The maximum atomic E-state index is 10.5. The molecule has 0 radical (unpaired) electrons. The highest BCUT2D eigenvalue weighted by molar-refractivity contribution is 5.00. The average Bonchev–Trinajstić information content (AvgIpc) is 2.50. The largest absolute Gasteiger partial charge is 0.388 e. The minimum absolute atomic E-state index is 0.301. The second-order valence-electron chi connectivity index (χ2n) is 4.75. The van der Waals surface area contributed by atoms with Crippen LogP contribution in [0.1, 0.15) is 45.4 Å². The minimum Gasteiger partial charge on any atom is -0.388 e. The van der Waals surface area contributed by atoms with Gasteiger partial charge in [-0.05, 0) is 38.6 Å². The highest BCUT2D eigenvalue weighted by atomic mass is 16.3. The van der Waals surface area contributed by atoms with Gasteiger partial charge in [-0.1, -0.05) is 19.3 Å². The molecule has 2 atom stereocenters. The fourth-order valence-electron chi connectivity index (χ4n) is 3.04. The molecule has 1 heterocycles. The van der Waals surface area contributed by atoms with E-state index in [1.54, 1.807) is 0 Å². The molecule has 2 nitrogen and oxygen atoms in total. The summed E-state index contributed by atoms with van der Waals surface area (Å²) in [6.07, 6.45) is 7.44. The van der Waals surface area contributed by atoms with Gasteiger partial charge < -0.3 is 10.4 Å². The van der Waals surface area contributed by atoms with Crippen molar-refractivity contribution in [1.82, 2.24) is 5.32 Å². The van der Waals surface area contributed by atoms with Gasteiger partial charge in [0.15, 0.2) is 0 Å². The first-order valence-electron chi connectivity index (χ1n) is 5.69. The van der Waals surface area contributed by atoms with E-state index >= 15 is 0 Å². The van der Waals surface area contributed by atoms with E-state index < -0.39 is 0 Å². The predicted molar refractivity (Wildman–Crippen MR) is 53.6 cm³/mol. The molecule has 0 bridgehead atoms. The van der Waals surface area contributed by atoms with Crippen molar-refractivity contribution >= 4 is 0 Å². The Morgan fingerprint density at radius 1 is 1.23 bits per heavy atom. The fraction of sp³-hybridized carbons (Fsp3) is 1.00. The van der Waals surface area contributed by atoms with Crippen molar-refractivity contribution in [3.8, 4) is 0 Å². The maximum absolute atomic E-state index is 10.5. The van der Waals surface area contributed by atoms with E-state index in [2.05, 4.69) is 12.2 Å². The van der Waals surface area contributed by atoms with Gasteiger partial charge in [-0.25, -0.2) is 0 Å². The molecule has 1 saturated carbocycles. The van der Waals surface area contributed by atoms with E-state index in [0.717, 1.165) is 13.0 Å². The lowest BCUT2D eigenvalue weighted by molar-refractivity contribution is -0.0382. The van der Waals surface area contributed by atoms with Gasteiger partial charge in [0.05, 0.1) is 5.60 Å². The van der Waals surface area contributed by atoms with Crippen LogP contribution in [-0.2, 0) is 0 Å². The summed E-state index contributed by atoms with van der Waals surface area (Å²) in [6.45, 7) is 3.12. The molecule has 2 rings (SSSR count). The second-order valence-corrected chi connectivity index (χ2v) is 4.75. The zero-order chi connectivity index (χ0) is 9.31. The Hall–Kier alpha value is -0.0800. The minimum atomic E-state index is -0.388. The summed E-state index contributed by atoms with van der Waals surface area (Å²) in [7, 11) is 0. The normalized spacial score (nSPS) is 42.5. The van der Waals surface area contributed by atoms with Crippen molar-refractivity contribution in [1.29, 1.82) is 0 Å². The number of rotatable bonds is 1. The molecule has 2 N–H and O–H groups in total. The van der Waals surface area contributed by atoms with Crippen LogP contribution in [0.2, 0.25) is 0 Å². The molecule has 0 spiro atoms. The van der Waals surface area contributed by atoms with E-state index in [1.807, 2.05) is 0 Å². The molecule has 2 aliphatic rings. The lowest BCUT2D eigenvalue weighted by atomic mass is 9.73. The van der Waals surface area contributed by atoms with Gasteiger partial charge in [-0.2, -0.15) is 0 Å². The molecule has 2 heteroatoms. The Morgan fingerprint density at radius 3 is 2.46 bits per heavy atom. The molecule has 0 aromatic rings. The Morgan fingerprint density at radius 2 is 1.92 bits per heavy atom. The molecule has 2 fully saturated rings. The number of aliphatic hydroxyl groups is 1. The van der Waals surface area contributed by atoms with E-state index in [-0.39, 0.29) is 5.60 Å². The van der Waals surface area contributed by atoms with E-state index in [4.69, 9.17) is 0 Å². The fourth-order valence-corrected chi connectivity index (χ4v) is 3.04. The summed E-state index contributed by atoms with van der Waals surface area (Å²) in [5.74, 6) is 0.561. The lowest BCUT2D eigenvalue weighted by Crippen LogP contribution is -2.47. The molecule has 0 aromatic carbocycles. The average molecular weight is 183 g/mol. The highest BCUT2D eigenvalue weighted by Gasteiger charge is 2.44. The molecule has 0 aromatic heterocycles. The van der Waals surface area contributed by atoms with Crippen LogP contribution in [0.3, 0.4) is 0 Å². The molecular weight excluding hydrogens is 162 g/mol. The molecule has 1 saturated heterocycles. The van der Waals surface area contributed by atoms with Crippen molar-refractivity contribution < 1.29 is 5.11 Å². The van der Waals surface area contributed by atoms with Crippen LogP contribution >= 0.6 is 0 Å². The van der Waals surface area contributed by atoms with Gasteiger partial charge in [0.2, 0.25) is 0 Å². The Bertz CT molecular complexity index is 177. The van der Waals surface area contributed by atoms with Gasteiger partial charge in [-0.3, -0.25) is 0 Å². The monoisotopic (exact) mass is 183 g/mol. The van der Waals surface area contributed by atoms with Crippen molar-refractivity contribution in [3.05, 3.63) is 0 Å². The van der Waals surface area contributed by atoms with Crippen molar-refractivity contribution in [2.45, 2.75) is 57.1 Å². The van der Waals surface area contributed by atoms with Gasteiger partial charge in [0.25, 0.3) is 0 Å². The SMILES string of the molecule is CC1NCCC1(O)C1CCCCC1. The van der Waals surface area contributed by atoms with Crippen molar-refractivity contribution in [3.63, 3.8) is 0 Å². The summed E-state index contributed by atoms with van der Waals surface area (Å²) in [5, 5.41) is 13.9. The molecule has 1 aliphatic carbocycles. The zero-order valence-electron chi connectivity index (χ0n) is 8.55. The third-order valence-corrected chi connectivity index (χ3v) is 4.04. The Kier molecular flexibility index (Phi) is 2.61. The van der Waals surface area contributed by atoms with Crippen LogP contribution in [0.4, 0.5) is 0 Å². The Balaban J connectivity index is 2.03. The topological polar surface area (TPSA) is 32.3 Å². The van der Waals surface area contributed by atoms with Gasteiger partial charge in [-0.15, -0.1) is 0 Å². The molecule has 2 unspecified atom stereocenters. The molecule has 1 aliphatic heterocycles. The summed E-state index contributed by atoms with van der Waals surface area (Å²) in [5.41, 5.74) is -0.388. The van der Waals surface area contributed by atoms with Crippen LogP contribution in [0.15, 0.2) is 0 Å². The molecule has 13 heavy (non-hydrogen) atoms.